The molecule has 0 spiro atoms. The number of rotatable bonds is 1. The van der Waals surface area contributed by atoms with Crippen molar-refractivity contribution in [2.24, 2.45) is 0 Å². The quantitative estimate of drug-likeness (QED) is 0.306. The molecule has 1 aromatic rings. The predicted octanol–water partition coefficient (Wildman–Crippen LogP) is -2.06. The Hall–Kier alpha value is 0.520. The molecule has 0 aliphatic heterocycles. The molecule has 1 N–H and O–H groups in total. The maximum absolute atomic E-state index is 4.75. The van der Waals surface area contributed by atoms with Crippen molar-refractivity contribution in [2.45, 2.75) is 6.92 Å². The normalized spacial score (nSPS) is 8.50. The van der Waals surface area contributed by atoms with Gasteiger partial charge in [-0.25, -0.2) is 4.98 Å². The van der Waals surface area contributed by atoms with E-state index in [1.54, 1.807) is 6.33 Å². The number of aromatic nitrogens is 2. The Morgan fingerprint density at radius 1 is 1.80 bits per heavy atom. The van der Waals surface area contributed by atoms with Crippen LogP contribution in [0.5, 0.6) is 0 Å². The Labute approximate surface area is 92.5 Å². The van der Waals surface area contributed by atoms with Gasteiger partial charge in [0.1, 0.15) is 0 Å². The second kappa shape index (κ2) is 4.41. The zero-order valence-electron chi connectivity index (χ0n) is 5.84. The molecular formula is C5H5N2NaS2. The molecule has 1 heterocycles. The Morgan fingerprint density at radius 3 is 2.60 bits per heavy atom. The van der Waals surface area contributed by atoms with Gasteiger partial charge in [0, 0.05) is 5.69 Å². The summed E-state index contributed by atoms with van der Waals surface area (Å²) in [7, 11) is 0. The molecule has 0 aliphatic rings. The van der Waals surface area contributed by atoms with Crippen LogP contribution in [0.1, 0.15) is 11.4 Å². The van der Waals surface area contributed by atoms with Crippen LogP contribution in [0.2, 0.25) is 0 Å². The summed E-state index contributed by atoms with van der Waals surface area (Å²) in [4.78, 5) is 6.78. The minimum atomic E-state index is 0. The zero-order valence-corrected chi connectivity index (χ0v) is 9.47. The van der Waals surface area contributed by atoms with Crippen molar-refractivity contribution >= 4 is 29.0 Å². The summed E-state index contributed by atoms with van der Waals surface area (Å²) in [6.07, 6.45) is 1.59. The first-order valence-corrected chi connectivity index (χ1v) is 3.25. The van der Waals surface area contributed by atoms with E-state index < -0.39 is 0 Å². The van der Waals surface area contributed by atoms with Gasteiger partial charge in [0.05, 0.1) is 12.0 Å². The Bertz CT molecular complexity index is 233. The molecule has 0 aromatic carbocycles. The van der Waals surface area contributed by atoms with E-state index in [2.05, 4.69) is 9.97 Å². The van der Waals surface area contributed by atoms with Crippen molar-refractivity contribution in [1.82, 2.24) is 9.97 Å². The van der Waals surface area contributed by atoms with Crippen molar-refractivity contribution in [3.05, 3.63) is 17.7 Å². The van der Waals surface area contributed by atoms with Gasteiger partial charge in [-0.15, -0.1) is 4.20 Å². The molecule has 0 bridgehead atoms. The molecule has 0 amide bonds. The van der Waals surface area contributed by atoms with Crippen LogP contribution >= 0.6 is 12.2 Å². The van der Waals surface area contributed by atoms with Gasteiger partial charge in [0.2, 0.25) is 0 Å². The van der Waals surface area contributed by atoms with Crippen molar-refractivity contribution in [3.63, 3.8) is 0 Å². The van der Waals surface area contributed by atoms with E-state index in [0.717, 1.165) is 11.4 Å². The van der Waals surface area contributed by atoms with Crippen LogP contribution in [0, 0.1) is 6.92 Å². The number of imidazole rings is 1. The first-order valence-electron chi connectivity index (χ1n) is 2.43. The maximum atomic E-state index is 4.75. The second-order valence-electron chi connectivity index (χ2n) is 1.65. The summed E-state index contributed by atoms with van der Waals surface area (Å²) in [5.41, 5.74) is 1.66. The maximum Gasteiger partial charge on any atom is 1.00 e. The number of H-pyrrole nitrogens is 1. The van der Waals surface area contributed by atoms with Gasteiger partial charge in [0.15, 0.2) is 0 Å². The van der Waals surface area contributed by atoms with Crippen LogP contribution in [0.4, 0.5) is 0 Å². The van der Waals surface area contributed by atoms with Gasteiger partial charge in [0.25, 0.3) is 0 Å². The number of thiocarbonyl (C=S) groups is 1. The van der Waals surface area contributed by atoms with Gasteiger partial charge in [-0.05, 0) is 6.92 Å². The van der Waals surface area contributed by atoms with E-state index in [1.807, 2.05) is 6.92 Å². The Kier molecular flexibility index (Phi) is 4.64. The smallest absolute Gasteiger partial charge is 0.427 e. The summed E-state index contributed by atoms with van der Waals surface area (Å²) in [6, 6.07) is 0. The molecule has 0 saturated carbocycles. The minimum absolute atomic E-state index is 0. The molecule has 10 heavy (non-hydrogen) atoms. The summed E-state index contributed by atoms with van der Waals surface area (Å²) in [6.45, 7) is 1.87. The van der Waals surface area contributed by atoms with Crippen LogP contribution in [0.25, 0.3) is 0 Å². The van der Waals surface area contributed by atoms with E-state index in [0.29, 0.717) is 4.20 Å². The fraction of sp³-hybridized carbons (Fsp3) is 0.200. The third kappa shape index (κ3) is 2.29. The molecule has 5 heteroatoms. The molecule has 0 unspecified atom stereocenters. The first-order chi connectivity index (χ1) is 4.22. The average Bonchev–Trinajstić information content (AvgIpc) is 2.13. The molecule has 0 saturated heterocycles. The number of nitrogens with zero attached hydrogens (tertiary/aromatic N) is 1. The fourth-order valence-electron chi connectivity index (χ4n) is 0.569. The van der Waals surface area contributed by atoms with Crippen LogP contribution in [0.15, 0.2) is 6.33 Å². The molecule has 1 aromatic heterocycles. The van der Waals surface area contributed by atoms with Crippen molar-refractivity contribution in [2.75, 3.05) is 0 Å². The standard InChI is InChI=1S/C5H6N2S2.Na/c1-3-4(5(8)9)7-2-6-3;/h2H,1H3,(H,6,7)(H,8,9);/q;+1/p-1. The second-order valence-corrected chi connectivity index (χ2v) is 2.73. The van der Waals surface area contributed by atoms with Gasteiger partial charge < -0.3 is 29.8 Å². The molecule has 0 fully saturated rings. The first kappa shape index (κ1) is 10.5. The van der Waals surface area contributed by atoms with Crippen molar-refractivity contribution in [1.29, 1.82) is 0 Å². The molecule has 0 radical (unpaired) electrons. The zero-order chi connectivity index (χ0) is 6.85. The molecule has 48 valence electrons. The van der Waals surface area contributed by atoms with Crippen molar-refractivity contribution < 1.29 is 29.6 Å². The van der Waals surface area contributed by atoms with Gasteiger partial charge in [-0.3, -0.25) is 0 Å². The minimum Gasteiger partial charge on any atom is -0.427 e. The number of hydrogen-bond acceptors (Lipinski definition) is 3. The van der Waals surface area contributed by atoms with Crippen LogP contribution in [-0.2, 0) is 12.6 Å². The molecule has 0 atom stereocenters. The van der Waals surface area contributed by atoms with Gasteiger partial charge >= 0.3 is 29.6 Å². The molecule has 2 nitrogen and oxygen atoms in total. The largest absolute Gasteiger partial charge is 1.00 e. The van der Waals surface area contributed by atoms with E-state index >= 15 is 0 Å². The third-order valence-electron chi connectivity index (χ3n) is 1.03. The summed E-state index contributed by atoms with van der Waals surface area (Å²) < 4.78 is 0.449. The van der Waals surface area contributed by atoms with Gasteiger partial charge in [-0.2, -0.15) is 0 Å². The number of aromatic amines is 1. The predicted molar refractivity (Wildman–Crippen MR) is 42.4 cm³/mol. The molecule has 0 aliphatic carbocycles. The SMILES string of the molecule is Cc1nc[nH]c1C(=S)[S-].[Na+]. The van der Waals surface area contributed by atoms with E-state index in [-0.39, 0.29) is 29.6 Å². The van der Waals surface area contributed by atoms with E-state index in [9.17, 15) is 0 Å². The van der Waals surface area contributed by atoms with Crippen LogP contribution in [0.3, 0.4) is 0 Å². The van der Waals surface area contributed by atoms with Gasteiger partial charge in [-0.1, -0.05) is 0 Å². The number of aryl methyl sites for hydroxylation is 1. The molecule has 1 rings (SSSR count). The Balaban J connectivity index is 0.000000810. The van der Waals surface area contributed by atoms with Crippen LogP contribution in [-0.4, -0.2) is 14.2 Å². The van der Waals surface area contributed by atoms with Crippen LogP contribution < -0.4 is 29.6 Å². The summed E-state index contributed by atoms with van der Waals surface area (Å²) in [5.74, 6) is 0. The monoisotopic (exact) mass is 180 g/mol. The van der Waals surface area contributed by atoms with E-state index in [4.69, 9.17) is 24.8 Å². The number of hydrogen-bond donors (Lipinski definition) is 1. The fourth-order valence-corrected chi connectivity index (χ4v) is 0.983. The third-order valence-corrected chi connectivity index (χ3v) is 1.44. The van der Waals surface area contributed by atoms with E-state index in [1.165, 1.54) is 0 Å². The van der Waals surface area contributed by atoms with Crippen molar-refractivity contribution in [3.8, 4) is 0 Å². The summed E-state index contributed by atoms with van der Waals surface area (Å²) >= 11 is 9.49. The topological polar surface area (TPSA) is 28.7 Å². The molecular weight excluding hydrogens is 175 g/mol. The summed E-state index contributed by atoms with van der Waals surface area (Å²) in [5, 5.41) is 0. The number of nitrogens with one attached hydrogen (secondary N) is 1. The average molecular weight is 180 g/mol. The Morgan fingerprint density at radius 2 is 2.40 bits per heavy atom.